The number of benzene rings is 3. The third-order valence-corrected chi connectivity index (χ3v) is 8.37. The summed E-state index contributed by atoms with van der Waals surface area (Å²) >= 11 is 1.53. The number of imidazole rings is 1. The van der Waals surface area contributed by atoms with Crippen LogP contribution in [0.25, 0.3) is 45.5 Å². The predicted octanol–water partition coefficient (Wildman–Crippen LogP) is 6.47. The Labute approximate surface area is 232 Å². The molecule has 5 rings (SSSR count). The molecule has 0 saturated carbocycles. The lowest BCUT2D eigenvalue weighted by Crippen LogP contribution is -1.95. The molecular weight excluding hydrogens is 530 g/mol. The quantitative estimate of drug-likeness (QED) is 0.218. The number of hydrogen-bond donors (Lipinski definition) is 0. The zero-order chi connectivity index (χ0) is 27.6. The van der Waals surface area contributed by atoms with Gasteiger partial charge in [-0.05, 0) is 72.3 Å². The zero-order valence-corrected chi connectivity index (χ0v) is 23.6. The number of rotatable bonds is 8. The molecule has 0 saturated heterocycles. The third-order valence-electron chi connectivity index (χ3n) is 6.29. The second-order valence-electron chi connectivity index (χ2n) is 8.89. The van der Waals surface area contributed by atoms with Gasteiger partial charge in [0, 0.05) is 35.5 Å². The molecule has 0 radical (unpaired) electrons. The lowest BCUT2D eigenvalue weighted by molar-refractivity contribution is 0.414. The van der Waals surface area contributed by atoms with Gasteiger partial charge < -0.3 is 14.0 Å². The van der Waals surface area contributed by atoms with Crippen LogP contribution >= 0.6 is 11.3 Å². The largest absolute Gasteiger partial charge is 0.497 e. The third kappa shape index (κ3) is 5.64. The molecular formula is C30H27N3O4S2. The van der Waals surface area contributed by atoms with Crippen molar-refractivity contribution in [2.45, 2.75) is 4.90 Å². The molecule has 0 spiro atoms. The minimum Gasteiger partial charge on any atom is -0.497 e. The molecule has 0 atom stereocenters. The van der Waals surface area contributed by atoms with Crippen molar-refractivity contribution >= 4 is 33.3 Å². The van der Waals surface area contributed by atoms with E-state index in [2.05, 4.69) is 9.55 Å². The highest BCUT2D eigenvalue weighted by Gasteiger charge is 2.21. The van der Waals surface area contributed by atoms with Crippen molar-refractivity contribution in [2.75, 3.05) is 20.5 Å². The van der Waals surface area contributed by atoms with Crippen LogP contribution in [0.4, 0.5) is 0 Å². The van der Waals surface area contributed by atoms with E-state index in [0.29, 0.717) is 4.90 Å². The topological polar surface area (TPSA) is 83.3 Å². The van der Waals surface area contributed by atoms with Crippen LogP contribution < -0.4 is 9.47 Å². The summed E-state index contributed by atoms with van der Waals surface area (Å²) < 4.78 is 36.2. The maximum absolute atomic E-state index is 11.7. The van der Waals surface area contributed by atoms with Crippen LogP contribution in [0.3, 0.4) is 0 Å². The van der Waals surface area contributed by atoms with Gasteiger partial charge in [0.05, 0.1) is 30.5 Å². The number of thiazole rings is 1. The van der Waals surface area contributed by atoms with Crippen molar-refractivity contribution in [3.63, 3.8) is 0 Å². The molecule has 0 bridgehead atoms. The maximum Gasteiger partial charge on any atom is 0.175 e. The number of sulfone groups is 1. The van der Waals surface area contributed by atoms with Crippen molar-refractivity contribution in [1.29, 1.82) is 0 Å². The molecule has 0 N–H and O–H groups in total. The van der Waals surface area contributed by atoms with Crippen LogP contribution in [-0.4, -0.2) is 43.4 Å². The van der Waals surface area contributed by atoms with Gasteiger partial charge in [0.25, 0.3) is 0 Å². The van der Waals surface area contributed by atoms with Crippen LogP contribution in [0.15, 0.2) is 83.9 Å². The molecule has 0 amide bonds. The Balaban J connectivity index is 1.51. The Bertz CT molecular complexity index is 1730. The summed E-state index contributed by atoms with van der Waals surface area (Å²) in [7, 11) is 2.07. The van der Waals surface area contributed by atoms with Crippen LogP contribution in [0.2, 0.25) is 0 Å². The zero-order valence-electron chi connectivity index (χ0n) is 22.0. The highest BCUT2D eigenvalue weighted by molar-refractivity contribution is 7.90. The van der Waals surface area contributed by atoms with Gasteiger partial charge in [0.2, 0.25) is 0 Å². The van der Waals surface area contributed by atoms with E-state index in [9.17, 15) is 8.42 Å². The molecule has 0 aliphatic rings. The second-order valence-corrected chi connectivity index (χ2v) is 12.0. The van der Waals surface area contributed by atoms with Gasteiger partial charge in [-0.1, -0.05) is 18.2 Å². The van der Waals surface area contributed by atoms with Crippen LogP contribution in [-0.2, 0) is 16.9 Å². The van der Waals surface area contributed by atoms with Gasteiger partial charge in [0.1, 0.15) is 11.5 Å². The molecule has 0 fully saturated rings. The normalized spacial score (nSPS) is 11.7. The van der Waals surface area contributed by atoms with Crippen molar-refractivity contribution in [2.24, 2.45) is 7.05 Å². The summed E-state index contributed by atoms with van der Waals surface area (Å²) in [5.41, 5.74) is 4.70. The Morgan fingerprint density at radius 2 is 1.41 bits per heavy atom. The van der Waals surface area contributed by atoms with Gasteiger partial charge in [-0.15, -0.1) is 11.3 Å². The minimum absolute atomic E-state index is 0.301. The first kappa shape index (κ1) is 26.4. The Kier molecular flexibility index (Phi) is 7.36. The van der Waals surface area contributed by atoms with Gasteiger partial charge >= 0.3 is 0 Å². The molecule has 7 nitrogen and oxygen atoms in total. The van der Waals surface area contributed by atoms with Gasteiger partial charge in [-0.3, -0.25) is 0 Å². The lowest BCUT2D eigenvalue weighted by Gasteiger charge is -2.09. The van der Waals surface area contributed by atoms with E-state index in [1.165, 1.54) is 17.6 Å². The number of aromatic nitrogens is 3. The van der Waals surface area contributed by atoms with E-state index >= 15 is 0 Å². The van der Waals surface area contributed by atoms with Gasteiger partial charge in [-0.25, -0.2) is 18.4 Å². The summed E-state index contributed by atoms with van der Waals surface area (Å²) in [5, 5.41) is 0.791. The molecule has 39 heavy (non-hydrogen) atoms. The molecule has 0 aliphatic heterocycles. The molecule has 5 aromatic rings. The summed E-state index contributed by atoms with van der Waals surface area (Å²) in [5.74, 6) is 2.33. The van der Waals surface area contributed by atoms with E-state index < -0.39 is 9.84 Å². The summed E-state index contributed by atoms with van der Waals surface area (Å²) in [6.45, 7) is 0. The lowest BCUT2D eigenvalue weighted by atomic mass is 10.0. The first-order valence-corrected chi connectivity index (χ1v) is 14.8. The van der Waals surface area contributed by atoms with Crippen LogP contribution in [0.1, 0.15) is 10.4 Å². The SMILES string of the molecule is COc1ccc(-c2nc(-c3ncc(/C=C/c4ccc(S(C)(=O)=O)cc4)s3)n(C)c2-c2ccc(OC)cc2)cc1. The van der Waals surface area contributed by atoms with Crippen LogP contribution in [0.5, 0.6) is 11.5 Å². The fraction of sp³-hybridized carbons (Fsp3) is 0.133. The van der Waals surface area contributed by atoms with Crippen molar-refractivity contribution in [3.8, 4) is 44.8 Å². The molecule has 198 valence electrons. The average Bonchev–Trinajstić information content (AvgIpc) is 3.56. The monoisotopic (exact) mass is 557 g/mol. The van der Waals surface area contributed by atoms with Gasteiger partial charge in [-0.2, -0.15) is 0 Å². The van der Waals surface area contributed by atoms with E-state index in [1.54, 1.807) is 38.5 Å². The standard InChI is InChI=1S/C30H27N3O4S2/c1-33-28(22-10-14-24(37-3)15-11-22)27(21-8-12-23(36-2)13-9-21)32-29(33)30-31-19-25(38-30)16-5-20-6-17-26(18-7-20)39(4,34)35/h5-19H,1-4H3/b16-5+. The van der Waals surface area contributed by atoms with Crippen molar-refractivity contribution in [1.82, 2.24) is 14.5 Å². The fourth-order valence-corrected chi connectivity index (χ4v) is 5.67. The molecule has 2 aromatic heterocycles. The van der Waals surface area contributed by atoms with Gasteiger partial charge in [0.15, 0.2) is 20.7 Å². The summed E-state index contributed by atoms with van der Waals surface area (Å²) in [4.78, 5) is 11.0. The first-order valence-electron chi connectivity index (χ1n) is 12.1. The highest BCUT2D eigenvalue weighted by atomic mass is 32.2. The first-order chi connectivity index (χ1) is 18.8. The smallest absolute Gasteiger partial charge is 0.175 e. The molecule has 9 heteroatoms. The molecule has 0 unspecified atom stereocenters. The summed E-state index contributed by atoms with van der Waals surface area (Å²) in [6.07, 6.45) is 6.92. The number of ether oxygens (including phenoxy) is 2. The predicted molar refractivity (Wildman–Crippen MR) is 157 cm³/mol. The molecule has 3 aromatic carbocycles. The van der Waals surface area contributed by atoms with Crippen molar-refractivity contribution in [3.05, 3.63) is 89.4 Å². The van der Waals surface area contributed by atoms with Crippen molar-refractivity contribution < 1.29 is 17.9 Å². The fourth-order valence-electron chi connectivity index (χ4n) is 4.19. The Morgan fingerprint density at radius 3 is 1.97 bits per heavy atom. The minimum atomic E-state index is -3.22. The van der Waals surface area contributed by atoms with Crippen LogP contribution in [0, 0.1) is 0 Å². The highest BCUT2D eigenvalue weighted by Crippen LogP contribution is 2.37. The maximum atomic E-state index is 11.7. The van der Waals surface area contributed by atoms with E-state index in [0.717, 1.165) is 55.3 Å². The molecule has 0 aliphatic carbocycles. The average molecular weight is 558 g/mol. The second kappa shape index (κ2) is 10.9. The number of nitrogens with zero attached hydrogens (tertiary/aromatic N) is 3. The van der Waals surface area contributed by atoms with E-state index in [-0.39, 0.29) is 0 Å². The number of methoxy groups -OCH3 is 2. The molecule has 2 heterocycles. The summed E-state index contributed by atoms with van der Waals surface area (Å²) in [6, 6.07) is 22.6. The van der Waals surface area contributed by atoms with E-state index in [4.69, 9.17) is 14.5 Å². The number of hydrogen-bond acceptors (Lipinski definition) is 7. The van der Waals surface area contributed by atoms with E-state index in [1.807, 2.05) is 73.9 Å². The Morgan fingerprint density at radius 1 is 0.821 bits per heavy atom. The Hall–Kier alpha value is -4.21.